The third kappa shape index (κ3) is 8.12. The van der Waals surface area contributed by atoms with Gasteiger partial charge in [0.05, 0.1) is 25.7 Å². The van der Waals surface area contributed by atoms with E-state index in [1.54, 1.807) is 37.3 Å². The third-order valence-corrected chi connectivity index (χ3v) is 10.1. The summed E-state index contributed by atoms with van der Waals surface area (Å²) in [5, 5.41) is 13.3. The highest BCUT2D eigenvalue weighted by Gasteiger charge is 2.29. The van der Waals surface area contributed by atoms with Crippen molar-refractivity contribution in [3.05, 3.63) is 77.0 Å². The number of carbonyl (C=O) groups is 2. The molecule has 3 N–H and O–H groups in total. The number of hydrogen-bond donors (Lipinski definition) is 3. The van der Waals surface area contributed by atoms with Crippen molar-refractivity contribution in [1.82, 2.24) is 14.9 Å². The van der Waals surface area contributed by atoms with Crippen molar-refractivity contribution in [1.29, 1.82) is 0 Å². The van der Waals surface area contributed by atoms with Crippen LogP contribution in [0.4, 0.5) is 0 Å². The van der Waals surface area contributed by atoms with Gasteiger partial charge in [0.1, 0.15) is 4.21 Å². The van der Waals surface area contributed by atoms with Gasteiger partial charge < -0.3 is 15.2 Å². The molecule has 1 aliphatic heterocycles. The summed E-state index contributed by atoms with van der Waals surface area (Å²) in [5.41, 5.74) is 2.01. The van der Waals surface area contributed by atoms with Crippen molar-refractivity contribution in [3.63, 3.8) is 0 Å². The van der Waals surface area contributed by atoms with E-state index in [4.69, 9.17) is 16.3 Å². The van der Waals surface area contributed by atoms with E-state index in [0.29, 0.717) is 49.0 Å². The molecule has 1 aromatic heterocycles. The average molecular weight is 606 g/mol. The summed E-state index contributed by atoms with van der Waals surface area (Å²) in [6.45, 7) is 4.17. The second-order valence-electron chi connectivity index (χ2n) is 9.59. The molecule has 9 nitrogen and oxygen atoms in total. The van der Waals surface area contributed by atoms with E-state index in [9.17, 15) is 23.1 Å². The molecule has 12 heteroatoms. The van der Waals surface area contributed by atoms with Crippen molar-refractivity contribution in [2.24, 2.45) is 11.8 Å². The van der Waals surface area contributed by atoms with Crippen LogP contribution in [0.1, 0.15) is 13.3 Å². The summed E-state index contributed by atoms with van der Waals surface area (Å²) in [4.78, 5) is 27.4. The number of nitrogens with one attached hydrogen (secondary N) is 2. The van der Waals surface area contributed by atoms with Crippen LogP contribution in [-0.2, 0) is 24.3 Å². The Morgan fingerprint density at radius 2 is 1.88 bits per heavy atom. The summed E-state index contributed by atoms with van der Waals surface area (Å²) in [5.74, 6) is -2.80. The predicted molar refractivity (Wildman–Crippen MR) is 156 cm³/mol. The van der Waals surface area contributed by atoms with Crippen LogP contribution < -0.4 is 10.0 Å². The smallest absolute Gasteiger partial charge is 0.306 e. The lowest BCUT2D eigenvalue weighted by molar-refractivity contribution is -0.142. The van der Waals surface area contributed by atoms with Gasteiger partial charge in [-0.1, -0.05) is 48.9 Å². The lowest BCUT2D eigenvalue weighted by Gasteiger charge is -2.26. The zero-order valence-corrected chi connectivity index (χ0v) is 24.4. The van der Waals surface area contributed by atoms with Gasteiger partial charge in [0, 0.05) is 41.1 Å². The molecule has 0 bridgehead atoms. The lowest BCUT2D eigenvalue weighted by Crippen LogP contribution is -2.42. The standard InChI is InChI=1S/C28H32ClN3O6S2/c1-19(28(34)35)24(17-30-40(36,37)27-11-10-25(39-27)20-6-8-22(29)9-7-20)21-4-2-3-5-23(16-21)31-26(33)18-32-12-14-38-15-13-32/h2,4-11,16,19,24,30H,3,12-15,17-18H2,1H3,(H,31,33)(H,34,35). The first-order valence-electron chi connectivity index (χ1n) is 12.9. The van der Waals surface area contributed by atoms with E-state index in [1.807, 2.05) is 29.2 Å². The molecule has 1 saturated heterocycles. The molecule has 0 saturated carbocycles. The van der Waals surface area contributed by atoms with Crippen LogP contribution in [0, 0.1) is 11.8 Å². The van der Waals surface area contributed by atoms with Gasteiger partial charge in [0.25, 0.3) is 0 Å². The Labute approximate surface area is 243 Å². The number of rotatable bonds is 11. The van der Waals surface area contributed by atoms with E-state index < -0.39 is 27.8 Å². The van der Waals surface area contributed by atoms with Crippen molar-refractivity contribution < 1.29 is 27.9 Å². The molecular weight excluding hydrogens is 574 g/mol. The minimum atomic E-state index is -3.91. The monoisotopic (exact) mass is 605 g/mol. The first-order valence-corrected chi connectivity index (χ1v) is 15.6. The molecule has 0 spiro atoms. The Morgan fingerprint density at radius 1 is 1.15 bits per heavy atom. The van der Waals surface area contributed by atoms with Gasteiger partial charge in [-0.3, -0.25) is 14.5 Å². The van der Waals surface area contributed by atoms with Gasteiger partial charge in [-0.25, -0.2) is 13.1 Å². The van der Waals surface area contributed by atoms with Gasteiger partial charge in [-0.2, -0.15) is 0 Å². The molecule has 2 aliphatic rings. The minimum Gasteiger partial charge on any atom is -0.481 e. The van der Waals surface area contributed by atoms with Gasteiger partial charge in [0.2, 0.25) is 15.9 Å². The summed E-state index contributed by atoms with van der Waals surface area (Å²) < 4.78 is 34.4. The molecule has 0 radical (unpaired) electrons. The SMILES string of the molecule is CC(C(=O)O)C(CNS(=O)(=O)c1ccc(-c2ccc(Cl)cc2)s1)C1=CC(NC(=O)CN2CCOCC2)=CCC=C1. The van der Waals surface area contributed by atoms with Crippen molar-refractivity contribution >= 4 is 44.8 Å². The normalized spacial score (nSPS) is 17.9. The van der Waals surface area contributed by atoms with E-state index in [2.05, 4.69) is 10.0 Å². The molecular formula is C28H32ClN3O6S2. The Kier molecular flexibility index (Phi) is 10.3. The van der Waals surface area contributed by atoms with E-state index in [-0.39, 0.29) is 23.2 Å². The van der Waals surface area contributed by atoms with Crippen LogP contribution in [0.25, 0.3) is 10.4 Å². The first-order chi connectivity index (χ1) is 19.1. The average Bonchev–Trinajstić information content (AvgIpc) is 3.32. The summed E-state index contributed by atoms with van der Waals surface area (Å²) in [6, 6.07) is 10.4. The molecule has 2 unspecified atom stereocenters. The predicted octanol–water partition coefficient (Wildman–Crippen LogP) is 3.90. The van der Waals surface area contributed by atoms with Gasteiger partial charge in [-0.05, 0) is 47.9 Å². The lowest BCUT2D eigenvalue weighted by atomic mass is 9.86. The fourth-order valence-electron chi connectivity index (χ4n) is 4.43. The van der Waals surface area contributed by atoms with Gasteiger partial charge in [0.15, 0.2) is 0 Å². The number of carbonyl (C=O) groups excluding carboxylic acids is 1. The van der Waals surface area contributed by atoms with Crippen molar-refractivity contribution in [2.75, 3.05) is 39.4 Å². The number of aliphatic carboxylic acids is 1. The maximum Gasteiger partial charge on any atom is 0.306 e. The number of carboxylic acid groups (broad SMARTS) is 1. The summed E-state index contributed by atoms with van der Waals surface area (Å²) in [6.07, 6.45) is 7.76. The Hall–Kier alpha value is -2.80. The van der Waals surface area contributed by atoms with Crippen molar-refractivity contribution in [3.8, 4) is 10.4 Å². The molecule has 40 heavy (non-hydrogen) atoms. The van der Waals surface area contributed by atoms with Crippen LogP contribution in [0.5, 0.6) is 0 Å². The van der Waals surface area contributed by atoms with E-state index >= 15 is 0 Å². The number of nitrogens with zero attached hydrogens (tertiary/aromatic N) is 1. The molecule has 2 atom stereocenters. The van der Waals surface area contributed by atoms with Crippen LogP contribution in [-0.4, -0.2) is 69.7 Å². The highest BCUT2D eigenvalue weighted by atomic mass is 35.5. The molecule has 1 aliphatic carbocycles. The maximum atomic E-state index is 13.2. The number of sulfonamides is 1. The first kappa shape index (κ1) is 30.2. The van der Waals surface area contributed by atoms with Crippen molar-refractivity contribution in [2.45, 2.75) is 17.6 Å². The molecule has 2 heterocycles. The molecule has 1 fully saturated rings. The Bertz CT molecular complexity index is 1410. The van der Waals surface area contributed by atoms with Gasteiger partial charge in [-0.15, -0.1) is 11.3 Å². The van der Waals surface area contributed by atoms with Crippen LogP contribution in [0.2, 0.25) is 5.02 Å². The Morgan fingerprint density at radius 3 is 2.58 bits per heavy atom. The second kappa shape index (κ2) is 13.7. The number of carboxylic acids is 1. The number of ether oxygens (including phenoxy) is 1. The fraction of sp³-hybridized carbons (Fsp3) is 0.357. The largest absolute Gasteiger partial charge is 0.481 e. The molecule has 4 rings (SSSR count). The molecule has 2 aromatic rings. The maximum absolute atomic E-state index is 13.2. The van der Waals surface area contributed by atoms with Crippen LogP contribution in [0.3, 0.4) is 0 Å². The Balaban J connectivity index is 1.48. The second-order valence-corrected chi connectivity index (χ2v) is 13.1. The number of halogens is 1. The number of hydrogen-bond acceptors (Lipinski definition) is 7. The minimum absolute atomic E-state index is 0.125. The molecule has 214 valence electrons. The van der Waals surface area contributed by atoms with Gasteiger partial charge >= 0.3 is 5.97 Å². The third-order valence-electron chi connectivity index (χ3n) is 6.75. The van der Waals surface area contributed by atoms with E-state index in [0.717, 1.165) is 21.8 Å². The number of morpholine rings is 1. The number of amides is 1. The van der Waals surface area contributed by atoms with Crippen LogP contribution in [0.15, 0.2) is 76.2 Å². The molecule has 1 aromatic carbocycles. The molecule has 1 amide bonds. The number of thiophene rings is 1. The highest BCUT2D eigenvalue weighted by molar-refractivity contribution is 7.91. The number of benzene rings is 1. The topological polar surface area (TPSA) is 125 Å². The van der Waals surface area contributed by atoms with E-state index in [1.165, 1.54) is 6.07 Å². The summed E-state index contributed by atoms with van der Waals surface area (Å²) in [7, 11) is -3.91. The highest BCUT2D eigenvalue weighted by Crippen LogP contribution is 2.32. The number of allylic oxidation sites excluding steroid dienone is 4. The zero-order chi connectivity index (χ0) is 28.7. The van der Waals surface area contributed by atoms with Crippen LogP contribution >= 0.6 is 22.9 Å². The summed E-state index contributed by atoms with van der Waals surface area (Å²) >= 11 is 7.08. The zero-order valence-electron chi connectivity index (χ0n) is 22.0. The fourth-order valence-corrected chi connectivity index (χ4v) is 6.97. The quantitative estimate of drug-likeness (QED) is 0.355.